The van der Waals surface area contributed by atoms with Crippen molar-refractivity contribution in [3.05, 3.63) is 18.2 Å². The van der Waals surface area contributed by atoms with Gasteiger partial charge in [0.1, 0.15) is 10.9 Å². The summed E-state index contributed by atoms with van der Waals surface area (Å²) in [5, 5.41) is 0. The van der Waals surface area contributed by atoms with Crippen molar-refractivity contribution in [1.29, 1.82) is 0 Å². The number of sulfonamides is 1. The number of amides is 1. The number of hydrogen-bond acceptors (Lipinski definition) is 6. The highest BCUT2D eigenvalue weighted by molar-refractivity contribution is 7.89. The molecule has 9 heteroatoms. The first-order valence-electron chi connectivity index (χ1n) is 6.33. The molecule has 0 radical (unpaired) electrons. The molecule has 1 aromatic rings. The second-order valence-electron chi connectivity index (χ2n) is 4.62. The molecule has 0 aromatic heterocycles. The number of primary amides is 1. The van der Waals surface area contributed by atoms with E-state index < -0.39 is 22.0 Å². The Labute approximate surface area is 123 Å². The molecule has 0 spiro atoms. The number of carbonyl (C=O) groups excluding carboxylic acids is 1. The lowest BCUT2D eigenvalue weighted by Crippen LogP contribution is -2.53. The van der Waals surface area contributed by atoms with Crippen molar-refractivity contribution in [2.45, 2.75) is 10.9 Å². The van der Waals surface area contributed by atoms with Gasteiger partial charge in [-0.1, -0.05) is 0 Å². The third kappa shape index (κ3) is 3.09. The zero-order valence-corrected chi connectivity index (χ0v) is 12.4. The number of nitrogen functional groups attached to an aromatic ring is 1. The number of rotatable bonds is 4. The van der Waals surface area contributed by atoms with E-state index in [1.165, 1.54) is 13.1 Å². The molecule has 21 heavy (non-hydrogen) atoms. The van der Waals surface area contributed by atoms with Crippen LogP contribution in [0.1, 0.15) is 0 Å². The van der Waals surface area contributed by atoms with Crippen LogP contribution in [-0.2, 0) is 19.6 Å². The molecular formula is C12H18N4O4S. The average Bonchev–Trinajstić information content (AvgIpc) is 2.47. The van der Waals surface area contributed by atoms with E-state index in [9.17, 15) is 13.2 Å². The number of nitrogens with two attached hydrogens (primary N) is 2. The number of morpholine rings is 1. The maximum Gasteiger partial charge on any atom is 0.242 e. The average molecular weight is 314 g/mol. The van der Waals surface area contributed by atoms with Gasteiger partial charge in [-0.2, -0.15) is 0 Å². The Balaban J connectivity index is 2.54. The summed E-state index contributed by atoms with van der Waals surface area (Å²) in [6.07, 6.45) is 0. The third-order valence-electron chi connectivity index (χ3n) is 3.31. The quantitative estimate of drug-likeness (QED) is 0.603. The summed E-state index contributed by atoms with van der Waals surface area (Å²) in [6.45, 7) is 0.871. The molecule has 1 atom stereocenters. The van der Waals surface area contributed by atoms with Crippen molar-refractivity contribution >= 4 is 27.3 Å². The molecule has 0 aliphatic carbocycles. The predicted molar refractivity (Wildman–Crippen MR) is 78.2 cm³/mol. The second kappa shape index (κ2) is 5.88. The SMILES string of the molecule is CNS(=O)(=O)c1cc(N)ccc1N1CCOCC1C(N)=O. The highest BCUT2D eigenvalue weighted by atomic mass is 32.2. The Hall–Kier alpha value is -1.84. The minimum Gasteiger partial charge on any atom is -0.399 e. The second-order valence-corrected chi connectivity index (χ2v) is 6.48. The zero-order chi connectivity index (χ0) is 15.6. The Morgan fingerprint density at radius 2 is 2.19 bits per heavy atom. The van der Waals surface area contributed by atoms with Crippen LogP contribution in [-0.4, -0.2) is 47.2 Å². The fourth-order valence-electron chi connectivity index (χ4n) is 2.22. The Kier molecular flexibility index (Phi) is 4.35. The highest BCUT2D eigenvalue weighted by Gasteiger charge is 2.31. The summed E-state index contributed by atoms with van der Waals surface area (Å²) < 4.78 is 31.8. The molecule has 1 unspecified atom stereocenters. The van der Waals surface area contributed by atoms with Crippen LogP contribution in [0, 0.1) is 0 Å². The van der Waals surface area contributed by atoms with E-state index in [2.05, 4.69) is 4.72 Å². The van der Waals surface area contributed by atoms with Gasteiger partial charge in [-0.25, -0.2) is 13.1 Å². The first kappa shape index (κ1) is 15.5. The smallest absolute Gasteiger partial charge is 0.242 e. The molecule has 1 aromatic carbocycles. The summed E-state index contributed by atoms with van der Waals surface area (Å²) >= 11 is 0. The van der Waals surface area contributed by atoms with Crippen molar-refractivity contribution in [2.75, 3.05) is 37.4 Å². The van der Waals surface area contributed by atoms with Gasteiger partial charge in [0.15, 0.2) is 0 Å². The van der Waals surface area contributed by atoms with Gasteiger partial charge in [0, 0.05) is 12.2 Å². The van der Waals surface area contributed by atoms with Crippen LogP contribution in [0.25, 0.3) is 0 Å². The Bertz CT molecular complexity index is 647. The fourth-order valence-corrected chi connectivity index (χ4v) is 3.19. The van der Waals surface area contributed by atoms with Crippen molar-refractivity contribution in [1.82, 2.24) is 4.72 Å². The summed E-state index contributed by atoms with van der Waals surface area (Å²) in [6, 6.07) is 3.79. The van der Waals surface area contributed by atoms with E-state index in [-0.39, 0.29) is 11.5 Å². The van der Waals surface area contributed by atoms with Crippen LogP contribution in [0.5, 0.6) is 0 Å². The topological polar surface area (TPSA) is 128 Å². The van der Waals surface area contributed by atoms with Crippen LogP contribution in [0.3, 0.4) is 0 Å². The first-order chi connectivity index (χ1) is 9.86. The van der Waals surface area contributed by atoms with Crippen molar-refractivity contribution in [2.24, 2.45) is 5.73 Å². The van der Waals surface area contributed by atoms with E-state index in [1.54, 1.807) is 17.0 Å². The monoisotopic (exact) mass is 314 g/mol. The molecule has 1 aliphatic rings. The molecule has 1 aliphatic heterocycles. The molecule has 1 fully saturated rings. The largest absolute Gasteiger partial charge is 0.399 e. The lowest BCUT2D eigenvalue weighted by Gasteiger charge is -2.36. The van der Waals surface area contributed by atoms with Gasteiger partial charge in [-0.15, -0.1) is 0 Å². The maximum absolute atomic E-state index is 12.2. The molecule has 0 bridgehead atoms. The van der Waals surface area contributed by atoms with Gasteiger partial charge in [-0.05, 0) is 25.2 Å². The van der Waals surface area contributed by atoms with Crippen LogP contribution < -0.4 is 21.1 Å². The summed E-state index contributed by atoms with van der Waals surface area (Å²) in [5.74, 6) is -0.570. The van der Waals surface area contributed by atoms with Crippen molar-refractivity contribution < 1.29 is 17.9 Å². The molecule has 5 N–H and O–H groups in total. The number of carbonyl (C=O) groups is 1. The van der Waals surface area contributed by atoms with Crippen LogP contribution in [0.15, 0.2) is 23.1 Å². The molecule has 2 rings (SSSR count). The lowest BCUT2D eigenvalue weighted by atomic mass is 10.1. The molecule has 116 valence electrons. The van der Waals surface area contributed by atoms with E-state index in [1.807, 2.05) is 0 Å². The van der Waals surface area contributed by atoms with Crippen LogP contribution in [0.4, 0.5) is 11.4 Å². The van der Waals surface area contributed by atoms with E-state index in [0.717, 1.165) is 0 Å². The van der Waals surface area contributed by atoms with Gasteiger partial charge in [0.05, 0.1) is 18.9 Å². The third-order valence-corrected chi connectivity index (χ3v) is 4.75. The zero-order valence-electron chi connectivity index (χ0n) is 11.6. The van der Waals surface area contributed by atoms with Gasteiger partial charge >= 0.3 is 0 Å². The molecule has 8 nitrogen and oxygen atoms in total. The van der Waals surface area contributed by atoms with Crippen molar-refractivity contribution in [3.63, 3.8) is 0 Å². The number of hydrogen-bond donors (Lipinski definition) is 3. The normalized spacial score (nSPS) is 19.5. The van der Waals surface area contributed by atoms with E-state index in [4.69, 9.17) is 16.2 Å². The number of benzene rings is 1. The minimum absolute atomic E-state index is 0.0122. The first-order valence-corrected chi connectivity index (χ1v) is 7.82. The minimum atomic E-state index is -3.71. The molecule has 1 saturated heterocycles. The molecular weight excluding hydrogens is 296 g/mol. The van der Waals surface area contributed by atoms with Gasteiger partial charge in [-0.3, -0.25) is 4.79 Å². The Morgan fingerprint density at radius 3 is 2.81 bits per heavy atom. The number of anilines is 2. The van der Waals surface area contributed by atoms with Crippen molar-refractivity contribution in [3.8, 4) is 0 Å². The standard InChI is InChI=1S/C12H18N4O4S/c1-15-21(18,19)11-6-8(13)2-3-9(11)16-4-5-20-7-10(16)12(14)17/h2-3,6,10,15H,4-5,7,13H2,1H3,(H2,14,17). The molecule has 1 heterocycles. The molecule has 0 saturated carbocycles. The predicted octanol–water partition coefficient (Wildman–Crippen LogP) is -1.13. The number of nitrogens with one attached hydrogen (secondary N) is 1. The summed E-state index contributed by atoms with van der Waals surface area (Å²) in [7, 11) is -2.40. The number of ether oxygens (including phenoxy) is 1. The molecule has 1 amide bonds. The Morgan fingerprint density at radius 1 is 1.48 bits per heavy atom. The van der Waals surface area contributed by atoms with Crippen LogP contribution in [0.2, 0.25) is 0 Å². The summed E-state index contributed by atoms with van der Waals surface area (Å²) in [5.41, 5.74) is 11.7. The summed E-state index contributed by atoms with van der Waals surface area (Å²) in [4.78, 5) is 13.2. The number of nitrogens with zero attached hydrogens (tertiary/aromatic N) is 1. The fraction of sp³-hybridized carbons (Fsp3) is 0.417. The van der Waals surface area contributed by atoms with Gasteiger partial charge < -0.3 is 21.1 Å². The maximum atomic E-state index is 12.2. The van der Waals surface area contributed by atoms with Gasteiger partial charge in [0.2, 0.25) is 15.9 Å². The highest BCUT2D eigenvalue weighted by Crippen LogP contribution is 2.29. The van der Waals surface area contributed by atoms with Crippen LogP contribution >= 0.6 is 0 Å². The van der Waals surface area contributed by atoms with E-state index in [0.29, 0.717) is 24.5 Å². The lowest BCUT2D eigenvalue weighted by molar-refractivity contribution is -0.121. The van der Waals surface area contributed by atoms with E-state index >= 15 is 0 Å². The van der Waals surface area contributed by atoms with Gasteiger partial charge in [0.25, 0.3) is 0 Å².